The molecule has 1 aromatic heterocycles. The summed E-state index contributed by atoms with van der Waals surface area (Å²) < 4.78 is 0. The SMILES string of the molecule is N#Cc1c(-c2ccccc2)nc(NN=Cc2c3ccccc3c(Cl)c3ccccc23)[nH]c1=O. The Morgan fingerprint density at radius 3 is 2.09 bits per heavy atom. The molecule has 0 bridgehead atoms. The van der Waals surface area contributed by atoms with Gasteiger partial charge in [-0.2, -0.15) is 10.4 Å². The zero-order chi connectivity index (χ0) is 22.8. The number of aromatic nitrogens is 2. The van der Waals surface area contributed by atoms with Gasteiger partial charge in [-0.25, -0.2) is 10.4 Å². The fourth-order valence-electron chi connectivity index (χ4n) is 3.84. The van der Waals surface area contributed by atoms with Crippen LogP contribution < -0.4 is 11.0 Å². The van der Waals surface area contributed by atoms with Gasteiger partial charge in [0.2, 0.25) is 5.95 Å². The lowest BCUT2D eigenvalue weighted by Crippen LogP contribution is -2.16. The first-order valence-electron chi connectivity index (χ1n) is 10.1. The van der Waals surface area contributed by atoms with Crippen molar-refractivity contribution in [3.63, 3.8) is 0 Å². The van der Waals surface area contributed by atoms with E-state index in [0.29, 0.717) is 16.3 Å². The highest BCUT2D eigenvalue weighted by atomic mass is 35.5. The van der Waals surface area contributed by atoms with Gasteiger partial charge in [0.05, 0.1) is 16.9 Å². The monoisotopic (exact) mass is 449 g/mol. The van der Waals surface area contributed by atoms with Gasteiger partial charge in [-0.3, -0.25) is 9.78 Å². The third-order valence-corrected chi connectivity index (χ3v) is 5.76. The number of nitrogens with zero attached hydrogens (tertiary/aromatic N) is 3. The molecule has 0 aliphatic heterocycles. The third kappa shape index (κ3) is 3.71. The molecule has 0 spiro atoms. The number of rotatable bonds is 4. The topological polar surface area (TPSA) is 93.9 Å². The van der Waals surface area contributed by atoms with Crippen LogP contribution in [0.4, 0.5) is 5.95 Å². The van der Waals surface area contributed by atoms with Crippen LogP contribution in [0, 0.1) is 11.3 Å². The van der Waals surface area contributed by atoms with Crippen molar-refractivity contribution in [1.29, 1.82) is 5.26 Å². The average molecular weight is 450 g/mol. The molecular weight excluding hydrogens is 434 g/mol. The van der Waals surface area contributed by atoms with Crippen LogP contribution in [0.2, 0.25) is 5.02 Å². The molecule has 0 amide bonds. The summed E-state index contributed by atoms with van der Waals surface area (Å²) in [4.78, 5) is 19.5. The maximum atomic E-state index is 12.5. The molecule has 0 aliphatic carbocycles. The lowest BCUT2D eigenvalue weighted by Gasteiger charge is -2.11. The summed E-state index contributed by atoms with van der Waals surface area (Å²) in [6.45, 7) is 0. The number of aromatic amines is 1. The summed E-state index contributed by atoms with van der Waals surface area (Å²) in [5, 5.41) is 18.2. The van der Waals surface area contributed by atoms with E-state index in [2.05, 4.69) is 20.5 Å². The number of halogens is 1. The van der Waals surface area contributed by atoms with E-state index in [1.807, 2.05) is 72.8 Å². The smallest absolute Gasteiger partial charge is 0.270 e. The summed E-state index contributed by atoms with van der Waals surface area (Å²) in [5.41, 5.74) is 4.06. The number of hydrogen-bond acceptors (Lipinski definition) is 5. The van der Waals surface area contributed by atoms with Gasteiger partial charge in [0, 0.05) is 21.9 Å². The Hall–Kier alpha value is -4.47. The second kappa shape index (κ2) is 8.58. The maximum Gasteiger partial charge on any atom is 0.270 e. The van der Waals surface area contributed by atoms with Crippen LogP contribution in [0.15, 0.2) is 88.8 Å². The molecule has 7 heteroatoms. The highest BCUT2D eigenvalue weighted by molar-refractivity contribution is 6.42. The molecule has 158 valence electrons. The maximum absolute atomic E-state index is 12.5. The van der Waals surface area contributed by atoms with Crippen LogP contribution in [-0.2, 0) is 0 Å². The lowest BCUT2D eigenvalue weighted by molar-refractivity contribution is 1.08. The van der Waals surface area contributed by atoms with Gasteiger partial charge in [0.15, 0.2) is 0 Å². The molecule has 4 aromatic carbocycles. The standard InChI is InChI=1S/C26H16ClN5O/c27-23-19-12-6-4-10-17(19)22(18-11-5-7-13-20(18)23)15-29-32-26-30-24(16-8-2-1-3-9-16)21(14-28)25(33)31-26/h1-13,15H,(H2,30,31,32,33). The first-order valence-corrected chi connectivity index (χ1v) is 10.5. The molecule has 5 rings (SSSR count). The second-order valence-corrected chi connectivity index (χ2v) is 7.68. The Morgan fingerprint density at radius 2 is 1.48 bits per heavy atom. The number of nitrogens with one attached hydrogen (secondary N) is 2. The van der Waals surface area contributed by atoms with Gasteiger partial charge >= 0.3 is 0 Å². The van der Waals surface area contributed by atoms with Gasteiger partial charge < -0.3 is 0 Å². The van der Waals surface area contributed by atoms with Crippen molar-refractivity contribution in [1.82, 2.24) is 9.97 Å². The molecule has 0 atom stereocenters. The highest BCUT2D eigenvalue weighted by Gasteiger charge is 2.13. The number of H-pyrrole nitrogens is 1. The molecule has 0 saturated heterocycles. The summed E-state index contributed by atoms with van der Waals surface area (Å²) in [6, 6.07) is 26.7. The Morgan fingerprint density at radius 1 is 0.909 bits per heavy atom. The van der Waals surface area contributed by atoms with Crippen LogP contribution in [0.1, 0.15) is 11.1 Å². The predicted molar refractivity (Wildman–Crippen MR) is 133 cm³/mol. The molecule has 0 saturated carbocycles. The number of hydrogen-bond donors (Lipinski definition) is 2. The molecule has 0 unspecified atom stereocenters. The van der Waals surface area contributed by atoms with Gasteiger partial charge in [0.25, 0.3) is 5.56 Å². The summed E-state index contributed by atoms with van der Waals surface area (Å²) in [6.07, 6.45) is 1.68. The van der Waals surface area contributed by atoms with Crippen LogP contribution in [-0.4, -0.2) is 16.2 Å². The van der Waals surface area contributed by atoms with Crippen LogP contribution in [0.25, 0.3) is 32.8 Å². The molecule has 0 aliphatic rings. The van der Waals surface area contributed by atoms with Crippen molar-refractivity contribution in [3.05, 3.63) is 105 Å². The van der Waals surface area contributed by atoms with Crippen LogP contribution >= 0.6 is 11.6 Å². The molecule has 0 radical (unpaired) electrons. The number of nitriles is 1. The quantitative estimate of drug-likeness (QED) is 0.208. The predicted octanol–water partition coefficient (Wildman–Crippen LogP) is 5.71. The molecule has 5 aromatic rings. The van der Waals surface area contributed by atoms with E-state index in [1.165, 1.54) is 0 Å². The number of anilines is 1. The highest BCUT2D eigenvalue weighted by Crippen LogP contribution is 2.35. The van der Waals surface area contributed by atoms with E-state index in [0.717, 1.165) is 27.1 Å². The van der Waals surface area contributed by atoms with E-state index >= 15 is 0 Å². The molecule has 1 heterocycles. The van der Waals surface area contributed by atoms with Crippen LogP contribution in [0.5, 0.6) is 0 Å². The number of benzene rings is 4. The fourth-order valence-corrected chi connectivity index (χ4v) is 4.17. The van der Waals surface area contributed by atoms with Gasteiger partial charge in [-0.05, 0) is 10.8 Å². The normalized spacial score (nSPS) is 11.2. The summed E-state index contributed by atoms with van der Waals surface area (Å²) in [7, 11) is 0. The van der Waals surface area contributed by atoms with Gasteiger partial charge in [0.1, 0.15) is 11.6 Å². The van der Waals surface area contributed by atoms with Gasteiger partial charge in [-0.1, -0.05) is 90.5 Å². The minimum Gasteiger partial charge on any atom is -0.290 e. The van der Waals surface area contributed by atoms with E-state index in [-0.39, 0.29) is 11.5 Å². The first-order chi connectivity index (χ1) is 16.2. The fraction of sp³-hybridized carbons (Fsp3) is 0. The van der Waals surface area contributed by atoms with Crippen LogP contribution in [0.3, 0.4) is 0 Å². The Balaban J connectivity index is 1.58. The van der Waals surface area contributed by atoms with E-state index in [4.69, 9.17) is 11.6 Å². The molecule has 33 heavy (non-hydrogen) atoms. The Bertz CT molecular complexity index is 1580. The third-order valence-electron chi connectivity index (χ3n) is 5.35. The van der Waals surface area contributed by atoms with E-state index in [1.54, 1.807) is 18.3 Å². The zero-order valence-electron chi connectivity index (χ0n) is 17.2. The average Bonchev–Trinajstić information content (AvgIpc) is 2.86. The van der Waals surface area contributed by atoms with E-state index in [9.17, 15) is 10.1 Å². The number of fused-ring (bicyclic) bond motifs is 2. The largest absolute Gasteiger partial charge is 0.290 e. The van der Waals surface area contributed by atoms with E-state index < -0.39 is 5.56 Å². The minimum atomic E-state index is -0.536. The van der Waals surface area contributed by atoms with Crippen molar-refractivity contribution in [2.24, 2.45) is 5.10 Å². The Labute approximate surface area is 193 Å². The first kappa shape index (κ1) is 20.4. The molecule has 6 nitrogen and oxygen atoms in total. The molecular formula is C26H16ClN5O. The minimum absolute atomic E-state index is 0.0505. The Kier molecular flexibility index (Phi) is 5.31. The zero-order valence-corrected chi connectivity index (χ0v) is 18.0. The van der Waals surface area contributed by atoms with Crippen molar-refractivity contribution in [3.8, 4) is 17.3 Å². The molecule has 0 fully saturated rings. The number of hydrazone groups is 1. The van der Waals surface area contributed by atoms with Crippen molar-refractivity contribution < 1.29 is 0 Å². The van der Waals surface area contributed by atoms with Crippen molar-refractivity contribution in [2.45, 2.75) is 0 Å². The van der Waals surface area contributed by atoms with Crippen molar-refractivity contribution in [2.75, 3.05) is 5.43 Å². The lowest BCUT2D eigenvalue weighted by atomic mass is 9.97. The molecule has 2 N–H and O–H groups in total. The van der Waals surface area contributed by atoms with Gasteiger partial charge in [-0.15, -0.1) is 0 Å². The second-order valence-electron chi connectivity index (χ2n) is 7.30. The summed E-state index contributed by atoms with van der Waals surface area (Å²) >= 11 is 6.66. The van der Waals surface area contributed by atoms with Crippen molar-refractivity contribution >= 4 is 45.3 Å². The summed E-state index contributed by atoms with van der Waals surface area (Å²) in [5.74, 6) is 0.136.